The number of anilines is 1. The molecule has 3 nitrogen and oxygen atoms in total. The van der Waals surface area contributed by atoms with E-state index in [-0.39, 0.29) is 0 Å². The van der Waals surface area contributed by atoms with Crippen LogP contribution < -0.4 is 5.32 Å². The first-order valence-corrected chi connectivity index (χ1v) is 6.10. The van der Waals surface area contributed by atoms with Gasteiger partial charge >= 0.3 is 0 Å². The molecule has 16 heavy (non-hydrogen) atoms. The van der Waals surface area contributed by atoms with Gasteiger partial charge in [0.05, 0.1) is 11.9 Å². The number of piperidine rings is 1. The monoisotopic (exact) mass is 239 g/mol. The maximum absolute atomic E-state index is 5.90. The van der Waals surface area contributed by atoms with Gasteiger partial charge in [-0.1, -0.05) is 11.6 Å². The average Bonchev–Trinajstić information content (AvgIpc) is 2.24. The van der Waals surface area contributed by atoms with E-state index in [1.807, 2.05) is 13.1 Å². The molecule has 0 bridgehead atoms. The Morgan fingerprint density at radius 1 is 1.56 bits per heavy atom. The van der Waals surface area contributed by atoms with Gasteiger partial charge in [0.2, 0.25) is 0 Å². The summed E-state index contributed by atoms with van der Waals surface area (Å²) in [5.41, 5.74) is 2.10. The summed E-state index contributed by atoms with van der Waals surface area (Å²) in [5, 5.41) is 4.11. The number of likely N-dealkylation sites (N-methyl/N-ethyl adjacent to an activating group) is 1. The van der Waals surface area contributed by atoms with Crippen LogP contribution in [0.2, 0.25) is 5.15 Å². The quantitative estimate of drug-likeness (QED) is 0.804. The summed E-state index contributed by atoms with van der Waals surface area (Å²) in [6.45, 7) is 4.28. The topological polar surface area (TPSA) is 28.2 Å². The Balaban J connectivity index is 2.00. The highest BCUT2D eigenvalue weighted by molar-refractivity contribution is 6.30. The summed E-state index contributed by atoms with van der Waals surface area (Å²) in [5.74, 6) is 0. The van der Waals surface area contributed by atoms with Crippen LogP contribution in [-0.4, -0.2) is 36.1 Å². The highest BCUT2D eigenvalue weighted by atomic mass is 35.5. The van der Waals surface area contributed by atoms with Gasteiger partial charge in [0.1, 0.15) is 5.15 Å². The molecule has 0 radical (unpaired) electrons. The summed E-state index contributed by atoms with van der Waals surface area (Å²) in [6, 6.07) is 2.59. The number of aryl methyl sites for hydroxylation is 1. The number of rotatable bonds is 2. The molecule has 1 unspecified atom stereocenters. The summed E-state index contributed by atoms with van der Waals surface area (Å²) in [4.78, 5) is 6.51. The van der Waals surface area contributed by atoms with Gasteiger partial charge in [0.25, 0.3) is 0 Å². The van der Waals surface area contributed by atoms with Gasteiger partial charge in [0.15, 0.2) is 0 Å². The molecule has 0 aromatic carbocycles. The minimum atomic E-state index is 0.529. The third-order valence-electron chi connectivity index (χ3n) is 3.01. The molecule has 1 N–H and O–H groups in total. The van der Waals surface area contributed by atoms with E-state index in [9.17, 15) is 0 Å². The summed E-state index contributed by atoms with van der Waals surface area (Å²) >= 11 is 5.90. The molecule has 1 aromatic rings. The third kappa shape index (κ3) is 2.86. The number of likely N-dealkylation sites (tertiary alicyclic amines) is 1. The van der Waals surface area contributed by atoms with Gasteiger partial charge in [0, 0.05) is 12.6 Å². The van der Waals surface area contributed by atoms with Crippen molar-refractivity contribution in [1.29, 1.82) is 0 Å². The Kier molecular flexibility index (Phi) is 3.66. The van der Waals surface area contributed by atoms with Crippen LogP contribution in [0.5, 0.6) is 0 Å². The summed E-state index contributed by atoms with van der Waals surface area (Å²) < 4.78 is 0. The molecule has 0 saturated carbocycles. The lowest BCUT2D eigenvalue weighted by molar-refractivity contribution is 0.261. The summed E-state index contributed by atoms with van der Waals surface area (Å²) in [7, 11) is 2.17. The molecule has 1 atom stereocenters. The van der Waals surface area contributed by atoms with E-state index >= 15 is 0 Å². The van der Waals surface area contributed by atoms with Crippen molar-refractivity contribution < 1.29 is 0 Å². The van der Waals surface area contributed by atoms with Crippen LogP contribution in [0.15, 0.2) is 12.3 Å². The number of nitrogens with zero attached hydrogens (tertiary/aromatic N) is 2. The molecule has 2 rings (SSSR count). The van der Waals surface area contributed by atoms with Crippen molar-refractivity contribution in [3.8, 4) is 0 Å². The van der Waals surface area contributed by atoms with Crippen LogP contribution in [0.3, 0.4) is 0 Å². The molecule has 1 aliphatic rings. The minimum Gasteiger partial charge on any atom is -0.380 e. The van der Waals surface area contributed by atoms with Gasteiger partial charge in [-0.25, -0.2) is 4.98 Å². The number of aromatic nitrogens is 1. The van der Waals surface area contributed by atoms with Crippen molar-refractivity contribution in [2.24, 2.45) is 0 Å². The number of nitrogens with one attached hydrogen (secondary N) is 1. The molecule has 88 valence electrons. The lowest BCUT2D eigenvalue weighted by Gasteiger charge is -2.30. The van der Waals surface area contributed by atoms with Crippen molar-refractivity contribution in [1.82, 2.24) is 9.88 Å². The Morgan fingerprint density at radius 2 is 2.38 bits per heavy atom. The van der Waals surface area contributed by atoms with Gasteiger partial charge in [-0.15, -0.1) is 0 Å². The van der Waals surface area contributed by atoms with Crippen LogP contribution in [0.1, 0.15) is 18.4 Å². The zero-order valence-corrected chi connectivity index (χ0v) is 10.6. The largest absolute Gasteiger partial charge is 0.380 e. The lowest BCUT2D eigenvalue weighted by Crippen LogP contribution is -2.39. The Morgan fingerprint density at radius 3 is 3.06 bits per heavy atom. The highest BCUT2D eigenvalue weighted by Crippen LogP contribution is 2.19. The molecule has 1 saturated heterocycles. The highest BCUT2D eigenvalue weighted by Gasteiger charge is 2.16. The molecule has 0 amide bonds. The van der Waals surface area contributed by atoms with Gasteiger partial charge in [-0.05, 0) is 45.0 Å². The van der Waals surface area contributed by atoms with Crippen molar-refractivity contribution in [3.05, 3.63) is 23.0 Å². The third-order valence-corrected chi connectivity index (χ3v) is 3.41. The second-order valence-corrected chi connectivity index (χ2v) is 4.94. The van der Waals surface area contributed by atoms with Gasteiger partial charge in [-0.3, -0.25) is 0 Å². The van der Waals surface area contributed by atoms with E-state index in [1.54, 1.807) is 0 Å². The van der Waals surface area contributed by atoms with Crippen molar-refractivity contribution in [2.75, 3.05) is 25.5 Å². The molecule has 1 aliphatic heterocycles. The molecule has 0 aliphatic carbocycles. The number of halogens is 1. The first-order chi connectivity index (χ1) is 7.65. The standard InChI is InChI=1S/C12H18ClN3/c1-9-6-11(7-14-12(9)13)15-10-4-3-5-16(2)8-10/h6-7,10,15H,3-5,8H2,1-2H3. The van der Waals surface area contributed by atoms with E-state index in [4.69, 9.17) is 11.6 Å². The van der Waals surface area contributed by atoms with Crippen LogP contribution in [0, 0.1) is 6.92 Å². The second kappa shape index (κ2) is 5.02. The predicted octanol–water partition coefficient (Wildman–Crippen LogP) is 2.55. The SMILES string of the molecule is Cc1cc(NC2CCCN(C)C2)cnc1Cl. The van der Waals surface area contributed by atoms with Gasteiger partial charge in [-0.2, -0.15) is 0 Å². The normalized spacial score (nSPS) is 22.1. The van der Waals surface area contributed by atoms with Crippen LogP contribution in [0.4, 0.5) is 5.69 Å². The average molecular weight is 240 g/mol. The smallest absolute Gasteiger partial charge is 0.132 e. The molecule has 0 spiro atoms. The van der Waals surface area contributed by atoms with Crippen molar-refractivity contribution >= 4 is 17.3 Å². The maximum atomic E-state index is 5.90. The molecule has 1 fully saturated rings. The van der Waals surface area contributed by atoms with E-state index in [0.717, 1.165) is 17.8 Å². The van der Waals surface area contributed by atoms with Crippen molar-refractivity contribution in [3.63, 3.8) is 0 Å². The maximum Gasteiger partial charge on any atom is 0.132 e. The van der Waals surface area contributed by atoms with Crippen LogP contribution >= 0.6 is 11.6 Å². The van der Waals surface area contributed by atoms with Crippen LogP contribution in [-0.2, 0) is 0 Å². The fourth-order valence-electron chi connectivity index (χ4n) is 2.16. The predicted molar refractivity (Wildman–Crippen MR) is 68.1 cm³/mol. The molecule has 4 heteroatoms. The molecular weight excluding hydrogens is 222 g/mol. The Hall–Kier alpha value is -0.800. The first kappa shape index (κ1) is 11.7. The number of hydrogen-bond acceptors (Lipinski definition) is 3. The molecule has 1 aromatic heterocycles. The second-order valence-electron chi connectivity index (χ2n) is 4.58. The fraction of sp³-hybridized carbons (Fsp3) is 0.583. The van der Waals surface area contributed by atoms with E-state index in [1.165, 1.54) is 19.4 Å². The molecular formula is C12H18ClN3. The lowest BCUT2D eigenvalue weighted by atomic mass is 10.1. The number of hydrogen-bond donors (Lipinski definition) is 1. The minimum absolute atomic E-state index is 0.529. The van der Waals surface area contributed by atoms with Gasteiger partial charge < -0.3 is 10.2 Å². The zero-order valence-electron chi connectivity index (χ0n) is 9.83. The van der Waals surface area contributed by atoms with E-state index in [2.05, 4.69) is 28.3 Å². The van der Waals surface area contributed by atoms with Crippen molar-refractivity contribution in [2.45, 2.75) is 25.8 Å². The van der Waals surface area contributed by atoms with Crippen LogP contribution in [0.25, 0.3) is 0 Å². The molecule has 2 heterocycles. The Labute approximate surface area is 102 Å². The first-order valence-electron chi connectivity index (χ1n) is 5.72. The summed E-state index contributed by atoms with van der Waals surface area (Å²) in [6.07, 6.45) is 4.30. The van der Waals surface area contributed by atoms with E-state index in [0.29, 0.717) is 11.2 Å². The Bertz CT molecular complexity index is 367. The van der Waals surface area contributed by atoms with E-state index < -0.39 is 0 Å². The zero-order chi connectivity index (χ0) is 11.5. The fourth-order valence-corrected chi connectivity index (χ4v) is 2.26. The number of pyridine rings is 1.